The Labute approximate surface area is 280 Å². The summed E-state index contributed by atoms with van der Waals surface area (Å²) in [6, 6.07) is 50.1. The van der Waals surface area contributed by atoms with Crippen molar-refractivity contribution in [1.29, 1.82) is 0 Å². The maximum absolute atomic E-state index is 11.0. The van der Waals surface area contributed by atoms with Crippen LogP contribution in [0.5, 0.6) is 5.75 Å². The molecule has 1 N–H and O–H groups in total. The fourth-order valence-corrected chi connectivity index (χ4v) is 6.61. The van der Waals surface area contributed by atoms with Crippen LogP contribution in [0.15, 0.2) is 152 Å². The maximum Gasteiger partial charge on any atom is 0.149 e. The summed E-state index contributed by atoms with van der Waals surface area (Å²) in [6.45, 7) is 6.66. The Balaban J connectivity index is 1.32. The van der Waals surface area contributed by atoms with Gasteiger partial charge in [-0.1, -0.05) is 112 Å². The lowest BCUT2D eigenvalue weighted by Crippen LogP contribution is -2.11. The molecule has 8 aromatic rings. The number of hydrogen-bond acceptors (Lipinski definition) is 3. The second-order valence-electron chi connectivity index (χ2n) is 13.3. The number of nitrogens with zero attached hydrogens (tertiary/aromatic N) is 3. The first-order valence-electron chi connectivity index (χ1n) is 16.3. The standard InChI is InChI=1S/C44H35N3O/c1-44(2,3)34-21-23-35(24-22-34)47-39-19-10-18-36(42(39)46-43(47)37-17-7-8-20-40(37)48)30-14-9-15-31(26-30)38-28-33(29-12-5-4-6-13-29)27-32-16-11-25-45-41(32)38/h4-28,48H,1-3H3. The molecule has 2 heterocycles. The van der Waals surface area contributed by atoms with Crippen LogP contribution in [-0.2, 0) is 5.41 Å². The van der Waals surface area contributed by atoms with E-state index in [0.29, 0.717) is 11.4 Å². The minimum absolute atomic E-state index is 0.0374. The van der Waals surface area contributed by atoms with Crippen molar-refractivity contribution in [3.63, 3.8) is 0 Å². The van der Waals surface area contributed by atoms with E-state index in [1.54, 1.807) is 6.07 Å². The lowest BCUT2D eigenvalue weighted by atomic mass is 9.87. The lowest BCUT2D eigenvalue weighted by molar-refractivity contribution is 0.477. The minimum Gasteiger partial charge on any atom is -0.507 e. The summed E-state index contributed by atoms with van der Waals surface area (Å²) >= 11 is 0. The zero-order valence-corrected chi connectivity index (χ0v) is 27.2. The molecule has 0 bridgehead atoms. The van der Waals surface area contributed by atoms with E-state index in [0.717, 1.165) is 55.4 Å². The van der Waals surface area contributed by atoms with Crippen LogP contribution in [0.3, 0.4) is 0 Å². The number of para-hydroxylation sites is 2. The average Bonchev–Trinajstić information content (AvgIpc) is 3.51. The number of aromatic hydroxyl groups is 1. The number of aromatic nitrogens is 3. The average molecular weight is 622 g/mol. The van der Waals surface area contributed by atoms with Gasteiger partial charge in [0.2, 0.25) is 0 Å². The fraction of sp³-hybridized carbons (Fsp3) is 0.0909. The van der Waals surface area contributed by atoms with E-state index in [-0.39, 0.29) is 11.2 Å². The van der Waals surface area contributed by atoms with Gasteiger partial charge in [-0.2, -0.15) is 0 Å². The van der Waals surface area contributed by atoms with Crippen molar-refractivity contribution in [2.45, 2.75) is 26.2 Å². The molecule has 0 aliphatic carbocycles. The van der Waals surface area contributed by atoms with E-state index in [1.165, 1.54) is 11.1 Å². The molecule has 4 nitrogen and oxygen atoms in total. The third-order valence-corrected chi connectivity index (χ3v) is 9.12. The predicted octanol–water partition coefficient (Wildman–Crippen LogP) is 11.2. The highest BCUT2D eigenvalue weighted by atomic mass is 16.3. The molecule has 2 aromatic heterocycles. The van der Waals surface area contributed by atoms with Gasteiger partial charge in [0.25, 0.3) is 0 Å². The van der Waals surface area contributed by atoms with Gasteiger partial charge < -0.3 is 5.11 Å². The number of phenolic OH excluding ortho intramolecular Hbond substituents is 1. The number of rotatable bonds is 5. The third-order valence-electron chi connectivity index (χ3n) is 9.12. The summed E-state index contributed by atoms with van der Waals surface area (Å²) < 4.78 is 2.16. The van der Waals surface area contributed by atoms with Crippen LogP contribution in [0, 0.1) is 0 Å². The molecule has 0 fully saturated rings. The minimum atomic E-state index is 0.0374. The molecule has 0 atom stereocenters. The van der Waals surface area contributed by atoms with Crippen molar-refractivity contribution in [2.24, 2.45) is 0 Å². The van der Waals surface area contributed by atoms with E-state index >= 15 is 0 Å². The number of benzene rings is 6. The summed E-state index contributed by atoms with van der Waals surface area (Å²) in [5.74, 6) is 0.891. The van der Waals surface area contributed by atoms with Crippen molar-refractivity contribution in [2.75, 3.05) is 0 Å². The SMILES string of the molecule is CC(C)(C)c1ccc(-n2c(-c3ccccc3O)nc3c(-c4cccc(-c5cc(-c6ccccc6)cc6cccnc56)c4)cccc32)cc1. The Bertz CT molecular complexity index is 2430. The van der Waals surface area contributed by atoms with E-state index in [1.807, 2.05) is 36.5 Å². The Hall–Kier alpha value is -6.00. The van der Waals surface area contributed by atoms with Crippen LogP contribution in [0.1, 0.15) is 26.3 Å². The Morgan fingerprint density at radius 1 is 0.542 bits per heavy atom. The normalized spacial score (nSPS) is 11.7. The summed E-state index contributed by atoms with van der Waals surface area (Å²) in [5.41, 5.74) is 12.4. The summed E-state index contributed by atoms with van der Waals surface area (Å²) in [7, 11) is 0. The van der Waals surface area contributed by atoms with Crippen molar-refractivity contribution >= 4 is 21.9 Å². The molecule has 0 saturated carbocycles. The number of phenols is 1. The largest absolute Gasteiger partial charge is 0.507 e. The molecule has 0 aliphatic rings. The van der Waals surface area contributed by atoms with Crippen LogP contribution in [0.2, 0.25) is 0 Å². The van der Waals surface area contributed by atoms with Gasteiger partial charge in [-0.15, -0.1) is 0 Å². The van der Waals surface area contributed by atoms with Crippen LogP contribution in [0.4, 0.5) is 0 Å². The topological polar surface area (TPSA) is 50.9 Å². The molecule has 48 heavy (non-hydrogen) atoms. The van der Waals surface area contributed by atoms with Gasteiger partial charge in [0.15, 0.2) is 0 Å². The molecule has 0 unspecified atom stereocenters. The molecule has 8 rings (SSSR count). The van der Waals surface area contributed by atoms with Gasteiger partial charge in [-0.25, -0.2) is 4.98 Å². The highest BCUT2D eigenvalue weighted by Crippen LogP contribution is 2.39. The van der Waals surface area contributed by atoms with Crippen molar-refractivity contribution in [3.8, 4) is 56.2 Å². The number of pyridine rings is 1. The molecule has 0 radical (unpaired) electrons. The molecule has 0 spiro atoms. The Morgan fingerprint density at radius 3 is 2.00 bits per heavy atom. The van der Waals surface area contributed by atoms with Crippen molar-refractivity contribution in [3.05, 3.63) is 157 Å². The van der Waals surface area contributed by atoms with Gasteiger partial charge in [0.1, 0.15) is 11.6 Å². The highest BCUT2D eigenvalue weighted by molar-refractivity contribution is 6.00. The van der Waals surface area contributed by atoms with E-state index in [9.17, 15) is 5.11 Å². The van der Waals surface area contributed by atoms with Crippen LogP contribution in [0.25, 0.3) is 72.4 Å². The van der Waals surface area contributed by atoms with Gasteiger partial charge in [-0.3, -0.25) is 9.55 Å². The first-order valence-corrected chi connectivity index (χ1v) is 16.3. The predicted molar refractivity (Wildman–Crippen MR) is 198 cm³/mol. The van der Waals surface area contributed by atoms with Crippen molar-refractivity contribution in [1.82, 2.24) is 14.5 Å². The lowest BCUT2D eigenvalue weighted by Gasteiger charge is -2.19. The van der Waals surface area contributed by atoms with E-state index in [4.69, 9.17) is 9.97 Å². The van der Waals surface area contributed by atoms with Crippen LogP contribution < -0.4 is 0 Å². The quantitative estimate of drug-likeness (QED) is 0.208. The number of hydrogen-bond donors (Lipinski definition) is 1. The zero-order chi connectivity index (χ0) is 32.8. The Morgan fingerprint density at radius 2 is 1.23 bits per heavy atom. The second-order valence-corrected chi connectivity index (χ2v) is 13.3. The molecule has 4 heteroatoms. The second kappa shape index (κ2) is 11.7. The summed E-state index contributed by atoms with van der Waals surface area (Å²) in [6.07, 6.45) is 1.86. The van der Waals surface area contributed by atoms with Gasteiger partial charge >= 0.3 is 0 Å². The summed E-state index contributed by atoms with van der Waals surface area (Å²) in [5, 5.41) is 12.1. The van der Waals surface area contributed by atoms with Crippen molar-refractivity contribution < 1.29 is 5.11 Å². The first kappa shape index (κ1) is 29.4. The fourth-order valence-electron chi connectivity index (χ4n) is 6.61. The molecule has 232 valence electrons. The van der Waals surface area contributed by atoms with Gasteiger partial charge in [0, 0.05) is 28.4 Å². The number of imidazole rings is 1. The van der Waals surface area contributed by atoms with Gasteiger partial charge in [-0.05, 0) is 87.8 Å². The number of fused-ring (bicyclic) bond motifs is 2. The molecule has 0 saturated heterocycles. The van der Waals surface area contributed by atoms with Gasteiger partial charge in [0.05, 0.1) is 22.1 Å². The molecule has 6 aromatic carbocycles. The highest BCUT2D eigenvalue weighted by Gasteiger charge is 2.21. The molecular formula is C44H35N3O. The smallest absolute Gasteiger partial charge is 0.149 e. The Kier molecular flexibility index (Phi) is 7.14. The van der Waals surface area contributed by atoms with E-state index in [2.05, 4.69) is 135 Å². The monoisotopic (exact) mass is 621 g/mol. The molecular weight excluding hydrogens is 587 g/mol. The summed E-state index contributed by atoms with van der Waals surface area (Å²) in [4.78, 5) is 10.1. The van der Waals surface area contributed by atoms with Crippen LogP contribution in [-0.4, -0.2) is 19.6 Å². The first-order chi connectivity index (χ1) is 23.3. The molecule has 0 aliphatic heterocycles. The zero-order valence-electron chi connectivity index (χ0n) is 27.2. The molecule has 0 amide bonds. The third kappa shape index (κ3) is 5.22. The van der Waals surface area contributed by atoms with E-state index < -0.39 is 0 Å². The maximum atomic E-state index is 11.0. The van der Waals surface area contributed by atoms with Crippen LogP contribution >= 0.6 is 0 Å².